The van der Waals surface area contributed by atoms with Gasteiger partial charge in [0.15, 0.2) is 0 Å². The molecule has 0 aliphatic rings. The minimum absolute atomic E-state index is 0.172. The van der Waals surface area contributed by atoms with Gasteiger partial charge in [-0.2, -0.15) is 0 Å². The summed E-state index contributed by atoms with van der Waals surface area (Å²) in [5, 5.41) is 13.6. The molecule has 0 aromatic carbocycles. The monoisotopic (exact) mass is 162 g/mol. The fourth-order valence-corrected chi connectivity index (χ4v) is 0.441. The average molecular weight is 162 g/mol. The minimum atomic E-state index is -0.525. The summed E-state index contributed by atoms with van der Waals surface area (Å²) in [6, 6.07) is -0.340. The van der Waals surface area contributed by atoms with Gasteiger partial charge >= 0.3 is 6.03 Å². The van der Waals surface area contributed by atoms with E-state index in [0.717, 1.165) is 0 Å². The maximum atomic E-state index is 10.7. The Morgan fingerprint density at radius 2 is 2.27 bits per heavy atom. The smallest absolute Gasteiger partial charge is 0.316 e. The Morgan fingerprint density at radius 1 is 1.64 bits per heavy atom. The van der Waals surface area contributed by atoms with E-state index in [1.807, 2.05) is 0 Å². The van der Waals surface area contributed by atoms with Crippen molar-refractivity contribution in [2.75, 3.05) is 20.4 Å². The summed E-state index contributed by atoms with van der Waals surface area (Å²) < 4.78 is 4.58. The highest BCUT2D eigenvalue weighted by Crippen LogP contribution is 1.74. The lowest BCUT2D eigenvalue weighted by Crippen LogP contribution is -2.39. The molecule has 0 saturated carbocycles. The van der Waals surface area contributed by atoms with Crippen LogP contribution in [0.1, 0.15) is 6.92 Å². The van der Waals surface area contributed by atoms with Gasteiger partial charge in [0.2, 0.25) is 0 Å². The van der Waals surface area contributed by atoms with Crippen LogP contribution >= 0.6 is 0 Å². The topological polar surface area (TPSA) is 70.6 Å². The second kappa shape index (κ2) is 5.94. The van der Waals surface area contributed by atoms with Gasteiger partial charge in [0.05, 0.1) is 6.10 Å². The Hall–Kier alpha value is -0.810. The van der Waals surface area contributed by atoms with E-state index in [2.05, 4.69) is 15.4 Å². The molecular weight excluding hydrogens is 148 g/mol. The van der Waals surface area contributed by atoms with Gasteiger partial charge in [-0.3, -0.25) is 0 Å². The number of aliphatic hydroxyl groups excluding tert-OH is 1. The zero-order valence-corrected chi connectivity index (χ0v) is 6.76. The van der Waals surface area contributed by atoms with Gasteiger partial charge in [-0.25, -0.2) is 4.79 Å². The van der Waals surface area contributed by atoms with Gasteiger partial charge in [0, 0.05) is 13.7 Å². The summed E-state index contributed by atoms with van der Waals surface area (Å²) in [7, 11) is 1.48. The Labute approximate surface area is 65.7 Å². The van der Waals surface area contributed by atoms with E-state index in [1.54, 1.807) is 6.92 Å². The first kappa shape index (κ1) is 10.2. The molecule has 0 aliphatic heterocycles. The second-order valence-corrected chi connectivity index (χ2v) is 2.17. The molecule has 0 fully saturated rings. The maximum absolute atomic E-state index is 10.7. The third-order valence-electron chi connectivity index (χ3n) is 0.935. The van der Waals surface area contributed by atoms with Crippen molar-refractivity contribution in [3.8, 4) is 0 Å². The molecule has 5 nitrogen and oxygen atoms in total. The number of urea groups is 1. The van der Waals surface area contributed by atoms with E-state index in [1.165, 1.54) is 7.11 Å². The van der Waals surface area contributed by atoms with Crippen LogP contribution < -0.4 is 10.6 Å². The fourth-order valence-electron chi connectivity index (χ4n) is 0.441. The number of rotatable bonds is 4. The number of hydrogen-bond donors (Lipinski definition) is 3. The first-order valence-electron chi connectivity index (χ1n) is 3.35. The van der Waals surface area contributed by atoms with E-state index in [9.17, 15) is 4.79 Å². The summed E-state index contributed by atoms with van der Waals surface area (Å²) in [5.74, 6) is 0. The fraction of sp³-hybridized carbons (Fsp3) is 0.833. The van der Waals surface area contributed by atoms with Gasteiger partial charge in [-0.1, -0.05) is 0 Å². The van der Waals surface area contributed by atoms with Crippen molar-refractivity contribution in [2.45, 2.75) is 13.0 Å². The maximum Gasteiger partial charge on any atom is 0.316 e. The molecule has 0 aromatic heterocycles. The van der Waals surface area contributed by atoms with Crippen LogP contribution in [-0.4, -0.2) is 37.6 Å². The van der Waals surface area contributed by atoms with Gasteiger partial charge in [-0.05, 0) is 6.92 Å². The lowest BCUT2D eigenvalue weighted by molar-refractivity contribution is 0.164. The van der Waals surface area contributed by atoms with Crippen LogP contribution in [0.2, 0.25) is 0 Å². The van der Waals surface area contributed by atoms with Crippen molar-refractivity contribution in [1.29, 1.82) is 0 Å². The van der Waals surface area contributed by atoms with Crippen LogP contribution in [0.5, 0.6) is 0 Å². The summed E-state index contributed by atoms with van der Waals surface area (Å²) in [5.41, 5.74) is 0. The molecule has 0 rings (SSSR count). The minimum Gasteiger partial charge on any atom is -0.392 e. The van der Waals surface area contributed by atoms with Crippen LogP contribution in [-0.2, 0) is 4.74 Å². The van der Waals surface area contributed by atoms with Gasteiger partial charge < -0.3 is 20.5 Å². The van der Waals surface area contributed by atoms with Crippen molar-refractivity contribution >= 4 is 6.03 Å². The third kappa shape index (κ3) is 7.08. The zero-order chi connectivity index (χ0) is 8.69. The van der Waals surface area contributed by atoms with Crippen LogP contribution in [0.15, 0.2) is 0 Å². The summed E-state index contributed by atoms with van der Waals surface area (Å²) in [6.07, 6.45) is -0.525. The van der Waals surface area contributed by atoms with E-state index in [4.69, 9.17) is 5.11 Å². The molecule has 1 unspecified atom stereocenters. The molecule has 1 atom stereocenters. The molecule has 2 amide bonds. The Bertz CT molecular complexity index is 116. The molecule has 0 radical (unpaired) electrons. The van der Waals surface area contributed by atoms with Gasteiger partial charge in [0.25, 0.3) is 0 Å². The predicted molar refractivity (Wildman–Crippen MR) is 40.1 cm³/mol. The lowest BCUT2D eigenvalue weighted by atomic mass is 10.4. The number of carbonyl (C=O) groups excluding carboxylic acids is 1. The molecule has 11 heavy (non-hydrogen) atoms. The molecule has 0 spiro atoms. The van der Waals surface area contributed by atoms with Crippen molar-refractivity contribution in [3.05, 3.63) is 0 Å². The largest absolute Gasteiger partial charge is 0.392 e. The standard InChI is InChI=1S/C6H14N2O3/c1-5(9)3-7-6(10)8-4-11-2/h5,9H,3-4H2,1-2H3,(H2,7,8,10). The highest BCUT2D eigenvalue weighted by atomic mass is 16.5. The average Bonchev–Trinajstić information content (AvgIpc) is 1.97. The normalized spacial score (nSPS) is 12.3. The highest BCUT2D eigenvalue weighted by Gasteiger charge is 1.99. The van der Waals surface area contributed by atoms with Crippen LogP contribution in [0.25, 0.3) is 0 Å². The first-order valence-corrected chi connectivity index (χ1v) is 3.35. The molecule has 0 aliphatic carbocycles. The second-order valence-electron chi connectivity index (χ2n) is 2.17. The number of hydrogen-bond acceptors (Lipinski definition) is 3. The van der Waals surface area contributed by atoms with Crippen molar-refractivity contribution in [1.82, 2.24) is 10.6 Å². The van der Waals surface area contributed by atoms with Crippen LogP contribution in [0.4, 0.5) is 4.79 Å². The molecular formula is C6H14N2O3. The van der Waals surface area contributed by atoms with Gasteiger partial charge in [0.1, 0.15) is 6.73 Å². The molecule has 0 bridgehead atoms. The lowest BCUT2D eigenvalue weighted by Gasteiger charge is -2.07. The summed E-state index contributed by atoms with van der Waals surface area (Å²) >= 11 is 0. The number of amides is 2. The molecule has 0 heterocycles. The van der Waals surface area contributed by atoms with Crippen molar-refractivity contribution < 1.29 is 14.6 Å². The number of methoxy groups -OCH3 is 1. The molecule has 0 aromatic rings. The molecule has 3 N–H and O–H groups in total. The number of aliphatic hydroxyl groups is 1. The highest BCUT2D eigenvalue weighted by molar-refractivity contribution is 5.73. The van der Waals surface area contributed by atoms with E-state index in [0.29, 0.717) is 0 Å². The Balaban J connectivity index is 3.23. The number of ether oxygens (including phenoxy) is 1. The SMILES string of the molecule is COCNC(=O)NCC(C)O. The molecule has 5 heteroatoms. The third-order valence-corrected chi connectivity index (χ3v) is 0.935. The van der Waals surface area contributed by atoms with E-state index >= 15 is 0 Å². The van der Waals surface area contributed by atoms with E-state index < -0.39 is 6.10 Å². The van der Waals surface area contributed by atoms with Crippen LogP contribution in [0.3, 0.4) is 0 Å². The Morgan fingerprint density at radius 3 is 2.73 bits per heavy atom. The van der Waals surface area contributed by atoms with Crippen molar-refractivity contribution in [2.24, 2.45) is 0 Å². The van der Waals surface area contributed by atoms with Crippen molar-refractivity contribution in [3.63, 3.8) is 0 Å². The zero-order valence-electron chi connectivity index (χ0n) is 6.76. The summed E-state index contributed by atoms with van der Waals surface area (Å²) in [4.78, 5) is 10.7. The van der Waals surface area contributed by atoms with Gasteiger partial charge in [-0.15, -0.1) is 0 Å². The first-order chi connectivity index (χ1) is 5.16. The number of nitrogens with one attached hydrogen (secondary N) is 2. The quantitative estimate of drug-likeness (QED) is 0.477. The van der Waals surface area contributed by atoms with E-state index in [-0.39, 0.29) is 19.3 Å². The summed E-state index contributed by atoms with van der Waals surface area (Å²) in [6.45, 7) is 2.01. The van der Waals surface area contributed by atoms with Crippen LogP contribution in [0, 0.1) is 0 Å². The Kier molecular flexibility index (Phi) is 5.50. The molecule has 0 saturated heterocycles. The number of carbonyl (C=O) groups is 1. The predicted octanol–water partition coefficient (Wildman–Crippen LogP) is -0.730. The molecule has 66 valence electrons.